The van der Waals surface area contributed by atoms with Crippen LogP contribution in [0.25, 0.3) is 0 Å². The van der Waals surface area contributed by atoms with Gasteiger partial charge in [0.05, 0.1) is 0 Å². The first-order valence-corrected chi connectivity index (χ1v) is 8.78. The summed E-state index contributed by atoms with van der Waals surface area (Å²) in [4.78, 5) is 22.1. The van der Waals surface area contributed by atoms with Crippen molar-refractivity contribution in [1.29, 1.82) is 0 Å². The summed E-state index contributed by atoms with van der Waals surface area (Å²) >= 11 is 1.53. The highest BCUT2D eigenvalue weighted by molar-refractivity contribution is 7.15. The van der Waals surface area contributed by atoms with Gasteiger partial charge in [-0.25, -0.2) is 4.98 Å². The van der Waals surface area contributed by atoms with E-state index in [1.165, 1.54) is 21.8 Å². The molecule has 1 aromatic heterocycles. The molecule has 0 bridgehead atoms. The predicted molar refractivity (Wildman–Crippen MR) is 93.5 cm³/mol. The molecule has 5 nitrogen and oxygen atoms in total. The molecule has 0 aliphatic carbocycles. The summed E-state index contributed by atoms with van der Waals surface area (Å²) in [5, 5.41) is 0.615. The lowest BCUT2D eigenvalue weighted by atomic mass is 10.1. The first kappa shape index (κ1) is 16.0. The number of carbonyl (C=O) groups excluding carboxylic acids is 1. The van der Waals surface area contributed by atoms with Crippen molar-refractivity contribution in [3.8, 4) is 0 Å². The number of carbonyl (C=O) groups is 1. The number of anilines is 1. The molecule has 2 aromatic rings. The van der Waals surface area contributed by atoms with E-state index >= 15 is 0 Å². The van der Waals surface area contributed by atoms with Crippen molar-refractivity contribution in [3.63, 3.8) is 0 Å². The van der Waals surface area contributed by atoms with Gasteiger partial charge in [-0.3, -0.25) is 9.69 Å². The van der Waals surface area contributed by atoms with Crippen LogP contribution in [-0.4, -0.2) is 46.9 Å². The van der Waals surface area contributed by atoms with Crippen LogP contribution in [0.2, 0.25) is 0 Å². The lowest BCUT2D eigenvalue weighted by Gasteiger charge is -2.34. The predicted octanol–water partition coefficient (Wildman–Crippen LogP) is 2.25. The molecule has 2 heterocycles. The van der Waals surface area contributed by atoms with Gasteiger partial charge in [-0.15, -0.1) is 11.3 Å². The van der Waals surface area contributed by atoms with Crippen molar-refractivity contribution in [2.45, 2.75) is 19.9 Å². The normalized spacial score (nSPS) is 15.8. The van der Waals surface area contributed by atoms with E-state index < -0.39 is 0 Å². The molecule has 1 aliphatic rings. The minimum atomic E-state index is 0.134. The Morgan fingerprint density at radius 2 is 1.91 bits per heavy atom. The fourth-order valence-electron chi connectivity index (χ4n) is 2.79. The molecule has 0 atom stereocenters. The zero-order valence-electron chi connectivity index (χ0n) is 13.4. The Kier molecular flexibility index (Phi) is 4.93. The van der Waals surface area contributed by atoms with Crippen molar-refractivity contribution >= 4 is 22.4 Å². The number of benzene rings is 1. The highest BCUT2D eigenvalue weighted by Crippen LogP contribution is 2.18. The molecule has 1 fully saturated rings. The fourth-order valence-corrected chi connectivity index (χ4v) is 3.52. The number of nitrogens with two attached hydrogens (primary N) is 1. The van der Waals surface area contributed by atoms with E-state index in [0.29, 0.717) is 5.13 Å². The molecule has 0 spiro atoms. The van der Waals surface area contributed by atoms with Gasteiger partial charge >= 0.3 is 0 Å². The molecule has 0 unspecified atom stereocenters. The Bertz CT molecular complexity index is 659. The summed E-state index contributed by atoms with van der Waals surface area (Å²) in [5.74, 6) is 0.134. The topological polar surface area (TPSA) is 62.5 Å². The minimum absolute atomic E-state index is 0.134. The smallest absolute Gasteiger partial charge is 0.253 e. The Labute approximate surface area is 140 Å². The number of aryl methyl sites for hydroxylation is 1. The van der Waals surface area contributed by atoms with Crippen molar-refractivity contribution in [3.05, 3.63) is 46.5 Å². The highest BCUT2D eigenvalue weighted by Gasteiger charge is 2.22. The van der Waals surface area contributed by atoms with Crippen LogP contribution in [-0.2, 0) is 13.0 Å². The van der Waals surface area contributed by atoms with Gasteiger partial charge in [0.1, 0.15) is 0 Å². The third-order valence-corrected chi connectivity index (χ3v) is 5.03. The number of thiazole rings is 1. The number of hydrogen-bond donors (Lipinski definition) is 1. The second-order valence-electron chi connectivity index (χ2n) is 5.78. The summed E-state index contributed by atoms with van der Waals surface area (Å²) in [6.07, 6.45) is 2.84. The number of nitrogens with zero attached hydrogens (tertiary/aromatic N) is 3. The molecule has 1 aliphatic heterocycles. The molecule has 2 N–H and O–H groups in total. The zero-order valence-corrected chi connectivity index (χ0v) is 14.2. The van der Waals surface area contributed by atoms with Crippen LogP contribution in [0.3, 0.4) is 0 Å². The average molecular weight is 330 g/mol. The molecule has 1 aromatic carbocycles. The zero-order chi connectivity index (χ0) is 16.2. The van der Waals surface area contributed by atoms with Crippen molar-refractivity contribution in [1.82, 2.24) is 14.8 Å². The third-order valence-electron chi connectivity index (χ3n) is 4.22. The number of piperazine rings is 1. The van der Waals surface area contributed by atoms with E-state index in [-0.39, 0.29) is 5.91 Å². The summed E-state index contributed by atoms with van der Waals surface area (Å²) in [6, 6.07) is 7.95. The molecule has 1 amide bonds. The first-order chi connectivity index (χ1) is 11.2. The van der Waals surface area contributed by atoms with Crippen LogP contribution in [0.5, 0.6) is 0 Å². The molecular formula is C17H22N4OS. The number of amides is 1. The molecule has 6 heteroatoms. The van der Waals surface area contributed by atoms with E-state index in [0.717, 1.165) is 44.7 Å². The Morgan fingerprint density at radius 1 is 1.22 bits per heavy atom. The number of aromatic nitrogens is 1. The van der Waals surface area contributed by atoms with Crippen LogP contribution >= 0.6 is 11.3 Å². The van der Waals surface area contributed by atoms with E-state index in [2.05, 4.69) is 16.8 Å². The van der Waals surface area contributed by atoms with E-state index in [4.69, 9.17) is 5.73 Å². The van der Waals surface area contributed by atoms with Crippen LogP contribution in [0.1, 0.15) is 27.7 Å². The van der Waals surface area contributed by atoms with Crippen LogP contribution in [0.4, 0.5) is 5.13 Å². The van der Waals surface area contributed by atoms with E-state index in [9.17, 15) is 4.79 Å². The number of nitrogen functional groups attached to an aromatic ring is 1. The molecule has 122 valence electrons. The van der Waals surface area contributed by atoms with Gasteiger partial charge < -0.3 is 10.6 Å². The van der Waals surface area contributed by atoms with Gasteiger partial charge in [-0.05, 0) is 24.1 Å². The summed E-state index contributed by atoms with van der Waals surface area (Å²) in [7, 11) is 0. The molecule has 0 radical (unpaired) electrons. The summed E-state index contributed by atoms with van der Waals surface area (Å²) in [5.41, 5.74) is 7.71. The first-order valence-electron chi connectivity index (χ1n) is 7.96. The van der Waals surface area contributed by atoms with Crippen molar-refractivity contribution < 1.29 is 4.79 Å². The van der Waals surface area contributed by atoms with E-state index in [1.54, 1.807) is 0 Å². The second kappa shape index (κ2) is 7.10. The average Bonchev–Trinajstić information content (AvgIpc) is 3.00. The van der Waals surface area contributed by atoms with Crippen LogP contribution in [0.15, 0.2) is 30.5 Å². The minimum Gasteiger partial charge on any atom is -0.375 e. The van der Waals surface area contributed by atoms with Gasteiger partial charge in [0.2, 0.25) is 0 Å². The van der Waals surface area contributed by atoms with Gasteiger partial charge in [0.25, 0.3) is 5.91 Å². The van der Waals surface area contributed by atoms with Crippen molar-refractivity contribution in [2.24, 2.45) is 0 Å². The van der Waals surface area contributed by atoms with E-state index in [1.807, 2.05) is 35.4 Å². The van der Waals surface area contributed by atoms with Crippen LogP contribution in [0, 0.1) is 0 Å². The maximum atomic E-state index is 12.6. The molecule has 1 saturated heterocycles. The highest BCUT2D eigenvalue weighted by atomic mass is 32.1. The third kappa shape index (κ3) is 3.89. The van der Waals surface area contributed by atoms with Gasteiger partial charge in [0.15, 0.2) is 5.13 Å². The van der Waals surface area contributed by atoms with Gasteiger partial charge in [-0.2, -0.15) is 0 Å². The monoisotopic (exact) mass is 330 g/mol. The molecule has 0 saturated carbocycles. The Hall–Kier alpha value is -1.92. The standard InChI is InChI=1S/C17H22N4OS/c1-2-13-3-5-14(6-4-13)16(22)21-9-7-20(8-10-21)12-15-11-19-17(18)23-15/h3-6,11H,2,7-10,12H2,1H3,(H2,18,19). The largest absolute Gasteiger partial charge is 0.375 e. The van der Waals surface area contributed by atoms with Gasteiger partial charge in [0, 0.05) is 49.4 Å². The number of rotatable bonds is 4. The number of hydrogen-bond acceptors (Lipinski definition) is 5. The van der Waals surface area contributed by atoms with Crippen LogP contribution < -0.4 is 5.73 Å². The lowest BCUT2D eigenvalue weighted by molar-refractivity contribution is 0.0629. The maximum absolute atomic E-state index is 12.6. The molecule has 3 rings (SSSR count). The maximum Gasteiger partial charge on any atom is 0.253 e. The van der Waals surface area contributed by atoms with Crippen molar-refractivity contribution in [2.75, 3.05) is 31.9 Å². The Balaban J connectivity index is 1.54. The summed E-state index contributed by atoms with van der Waals surface area (Å²) in [6.45, 7) is 6.29. The quantitative estimate of drug-likeness (QED) is 0.934. The molecular weight excluding hydrogens is 308 g/mol. The lowest BCUT2D eigenvalue weighted by Crippen LogP contribution is -2.48. The van der Waals surface area contributed by atoms with Gasteiger partial charge in [-0.1, -0.05) is 19.1 Å². The Morgan fingerprint density at radius 3 is 2.48 bits per heavy atom. The molecule has 23 heavy (non-hydrogen) atoms. The SMILES string of the molecule is CCc1ccc(C(=O)N2CCN(Cc3cnc(N)s3)CC2)cc1. The fraction of sp³-hybridized carbons (Fsp3) is 0.412. The second-order valence-corrected chi connectivity index (χ2v) is 6.93. The summed E-state index contributed by atoms with van der Waals surface area (Å²) < 4.78 is 0.